The van der Waals surface area contributed by atoms with Crippen molar-refractivity contribution in [2.45, 2.75) is 32.4 Å². The topological polar surface area (TPSA) is 65.0 Å². The number of hydrogen-bond donors (Lipinski definition) is 2. The Bertz CT molecular complexity index is 299. The van der Waals surface area contributed by atoms with Crippen LogP contribution in [0.2, 0.25) is 0 Å². The van der Waals surface area contributed by atoms with Crippen LogP contribution < -0.4 is 0 Å². The second-order valence-corrected chi connectivity index (χ2v) is 3.79. The quantitative estimate of drug-likeness (QED) is 0.718. The molecule has 1 aromatic rings. The summed E-state index contributed by atoms with van der Waals surface area (Å²) in [7, 11) is 0. The number of nitrogens with one attached hydrogen (secondary N) is 1. The van der Waals surface area contributed by atoms with Gasteiger partial charge in [-0.15, -0.1) is 0 Å². The van der Waals surface area contributed by atoms with Gasteiger partial charge in [-0.05, 0) is 26.3 Å². The van der Waals surface area contributed by atoms with E-state index in [0.29, 0.717) is 6.04 Å². The largest absolute Gasteiger partial charge is 0.395 e. The molecule has 2 heterocycles. The van der Waals surface area contributed by atoms with Crippen LogP contribution in [0.5, 0.6) is 0 Å². The molecule has 2 rings (SSSR count). The number of hydrogen-bond acceptors (Lipinski definition) is 4. The molecule has 0 amide bonds. The second kappa shape index (κ2) is 4.06. The average Bonchev–Trinajstić information content (AvgIpc) is 2.76. The van der Waals surface area contributed by atoms with Crippen LogP contribution in [0, 0.1) is 6.92 Å². The normalized spacial score (nSPS) is 23.1. The smallest absolute Gasteiger partial charge is 0.164 e. The summed E-state index contributed by atoms with van der Waals surface area (Å²) in [4.78, 5) is 6.49. The van der Waals surface area contributed by atoms with Gasteiger partial charge in [0.2, 0.25) is 0 Å². The van der Waals surface area contributed by atoms with Crippen molar-refractivity contribution >= 4 is 0 Å². The first-order valence-electron chi connectivity index (χ1n) is 5.02. The van der Waals surface area contributed by atoms with E-state index in [-0.39, 0.29) is 6.61 Å². The lowest BCUT2D eigenvalue weighted by Crippen LogP contribution is -2.32. The molecule has 5 heteroatoms. The molecule has 1 atom stereocenters. The van der Waals surface area contributed by atoms with Gasteiger partial charge in [0.05, 0.1) is 13.2 Å². The van der Waals surface area contributed by atoms with Crippen LogP contribution in [-0.2, 0) is 6.54 Å². The molecule has 2 N–H and O–H groups in total. The van der Waals surface area contributed by atoms with E-state index in [1.807, 2.05) is 6.92 Å². The third-order valence-corrected chi connectivity index (χ3v) is 2.70. The lowest BCUT2D eigenvalue weighted by molar-refractivity contribution is 0.151. The van der Waals surface area contributed by atoms with Crippen LogP contribution in [0.1, 0.15) is 24.5 Å². The number of aryl methyl sites for hydroxylation is 1. The van der Waals surface area contributed by atoms with Crippen molar-refractivity contribution in [1.82, 2.24) is 20.1 Å². The number of aliphatic hydroxyl groups excluding tert-OH is 1. The molecular weight excluding hydrogens is 180 g/mol. The summed E-state index contributed by atoms with van der Waals surface area (Å²) in [5.74, 6) is 1.67. The maximum Gasteiger partial charge on any atom is 0.164 e. The van der Waals surface area contributed by atoms with E-state index in [4.69, 9.17) is 5.11 Å². The van der Waals surface area contributed by atoms with E-state index in [1.54, 1.807) is 0 Å². The zero-order valence-corrected chi connectivity index (χ0v) is 8.40. The van der Waals surface area contributed by atoms with E-state index in [1.165, 1.54) is 0 Å². The van der Waals surface area contributed by atoms with Crippen molar-refractivity contribution < 1.29 is 5.11 Å². The Morgan fingerprint density at radius 1 is 1.64 bits per heavy atom. The van der Waals surface area contributed by atoms with Crippen molar-refractivity contribution in [3.8, 4) is 0 Å². The van der Waals surface area contributed by atoms with E-state index in [2.05, 4.69) is 20.1 Å². The Morgan fingerprint density at radius 2 is 2.50 bits per heavy atom. The summed E-state index contributed by atoms with van der Waals surface area (Å²) in [5, 5.41) is 16.0. The fraction of sp³-hybridized carbons (Fsp3) is 0.778. The van der Waals surface area contributed by atoms with Crippen molar-refractivity contribution in [1.29, 1.82) is 0 Å². The van der Waals surface area contributed by atoms with E-state index in [9.17, 15) is 0 Å². The van der Waals surface area contributed by atoms with Crippen molar-refractivity contribution in [2.24, 2.45) is 0 Å². The summed E-state index contributed by atoms with van der Waals surface area (Å²) in [5.41, 5.74) is 0. The molecule has 0 aromatic carbocycles. The van der Waals surface area contributed by atoms with Gasteiger partial charge in [-0.3, -0.25) is 10.00 Å². The minimum absolute atomic E-state index is 0.239. The monoisotopic (exact) mass is 196 g/mol. The molecule has 5 nitrogen and oxygen atoms in total. The van der Waals surface area contributed by atoms with Crippen LogP contribution in [0.4, 0.5) is 0 Å². The SMILES string of the molecule is Cc1nc(CN2CCCC2CO)n[nH]1. The fourth-order valence-electron chi connectivity index (χ4n) is 1.95. The highest BCUT2D eigenvalue weighted by molar-refractivity contribution is 4.90. The molecule has 1 unspecified atom stereocenters. The third-order valence-electron chi connectivity index (χ3n) is 2.70. The average molecular weight is 196 g/mol. The number of aromatic nitrogens is 3. The Morgan fingerprint density at radius 3 is 3.14 bits per heavy atom. The maximum atomic E-state index is 9.13. The molecule has 0 bridgehead atoms. The predicted octanol–water partition coefficient (Wildman–Crippen LogP) is 0.0698. The van der Waals surface area contributed by atoms with Gasteiger partial charge in [0, 0.05) is 6.04 Å². The zero-order valence-electron chi connectivity index (χ0n) is 8.40. The van der Waals surface area contributed by atoms with Gasteiger partial charge < -0.3 is 5.11 Å². The van der Waals surface area contributed by atoms with Gasteiger partial charge in [0.15, 0.2) is 5.82 Å². The molecule has 1 aliphatic heterocycles. The Balaban J connectivity index is 1.96. The summed E-state index contributed by atoms with van der Waals surface area (Å²) in [6, 6.07) is 0.300. The Kier molecular flexibility index (Phi) is 2.79. The number of aliphatic hydroxyl groups is 1. The zero-order chi connectivity index (χ0) is 9.97. The van der Waals surface area contributed by atoms with Crippen LogP contribution in [0.15, 0.2) is 0 Å². The summed E-state index contributed by atoms with van der Waals surface area (Å²) < 4.78 is 0. The summed E-state index contributed by atoms with van der Waals surface area (Å²) in [6.07, 6.45) is 2.24. The minimum Gasteiger partial charge on any atom is -0.395 e. The van der Waals surface area contributed by atoms with Gasteiger partial charge in [-0.25, -0.2) is 4.98 Å². The standard InChI is InChI=1S/C9H16N4O/c1-7-10-9(12-11-7)5-13-4-2-3-8(13)6-14/h8,14H,2-6H2,1H3,(H,10,11,12). The summed E-state index contributed by atoms with van der Waals surface area (Å²) in [6.45, 7) is 3.92. The first-order chi connectivity index (χ1) is 6.79. The van der Waals surface area contributed by atoms with Gasteiger partial charge in [0.1, 0.15) is 5.82 Å². The molecule has 1 aromatic heterocycles. The lowest BCUT2D eigenvalue weighted by Gasteiger charge is -2.20. The Labute approximate surface area is 83.2 Å². The van der Waals surface area contributed by atoms with Crippen LogP contribution in [-0.4, -0.2) is 44.4 Å². The van der Waals surface area contributed by atoms with E-state index in [0.717, 1.165) is 37.6 Å². The molecule has 1 saturated heterocycles. The van der Waals surface area contributed by atoms with Crippen molar-refractivity contribution in [2.75, 3.05) is 13.2 Å². The molecular formula is C9H16N4O. The number of aromatic amines is 1. The van der Waals surface area contributed by atoms with Crippen molar-refractivity contribution in [3.63, 3.8) is 0 Å². The first-order valence-corrected chi connectivity index (χ1v) is 5.02. The molecule has 0 aliphatic carbocycles. The van der Waals surface area contributed by atoms with E-state index < -0.39 is 0 Å². The number of H-pyrrole nitrogens is 1. The highest BCUT2D eigenvalue weighted by Gasteiger charge is 2.24. The first kappa shape index (κ1) is 9.61. The van der Waals surface area contributed by atoms with E-state index >= 15 is 0 Å². The molecule has 1 fully saturated rings. The molecule has 78 valence electrons. The second-order valence-electron chi connectivity index (χ2n) is 3.79. The van der Waals surface area contributed by atoms with Crippen molar-refractivity contribution in [3.05, 3.63) is 11.6 Å². The lowest BCUT2D eigenvalue weighted by atomic mass is 10.2. The van der Waals surface area contributed by atoms with Crippen LogP contribution >= 0.6 is 0 Å². The summed E-state index contributed by atoms with van der Waals surface area (Å²) >= 11 is 0. The number of rotatable bonds is 3. The number of nitrogens with zero attached hydrogens (tertiary/aromatic N) is 3. The predicted molar refractivity (Wildman–Crippen MR) is 51.6 cm³/mol. The van der Waals surface area contributed by atoms with Crippen LogP contribution in [0.3, 0.4) is 0 Å². The highest BCUT2D eigenvalue weighted by Crippen LogP contribution is 2.18. The molecule has 1 aliphatic rings. The van der Waals surface area contributed by atoms with Gasteiger partial charge in [-0.1, -0.05) is 0 Å². The highest BCUT2D eigenvalue weighted by atomic mass is 16.3. The maximum absolute atomic E-state index is 9.13. The van der Waals surface area contributed by atoms with Crippen LogP contribution in [0.25, 0.3) is 0 Å². The fourth-order valence-corrected chi connectivity index (χ4v) is 1.95. The van der Waals surface area contributed by atoms with Gasteiger partial charge in [0.25, 0.3) is 0 Å². The molecule has 0 saturated carbocycles. The Hall–Kier alpha value is -0.940. The van der Waals surface area contributed by atoms with Gasteiger partial charge in [-0.2, -0.15) is 5.10 Å². The number of likely N-dealkylation sites (tertiary alicyclic amines) is 1. The van der Waals surface area contributed by atoms with Gasteiger partial charge >= 0.3 is 0 Å². The molecule has 14 heavy (non-hydrogen) atoms. The third kappa shape index (κ3) is 1.93. The minimum atomic E-state index is 0.239. The molecule has 0 spiro atoms. The molecule has 0 radical (unpaired) electrons.